The molecule has 1 atom stereocenters. The summed E-state index contributed by atoms with van der Waals surface area (Å²) in [6, 6.07) is 9.56. The first kappa shape index (κ1) is 26.2. The summed E-state index contributed by atoms with van der Waals surface area (Å²) in [7, 11) is 0. The highest BCUT2D eigenvalue weighted by atomic mass is 16.5. The minimum atomic E-state index is -0.893. The Labute approximate surface area is 196 Å². The maximum absolute atomic E-state index is 12.2. The molecule has 0 aliphatic carbocycles. The van der Waals surface area contributed by atoms with Crippen LogP contribution in [-0.2, 0) is 32.1 Å². The van der Waals surface area contributed by atoms with Crippen LogP contribution in [0.15, 0.2) is 57.0 Å². The number of aliphatic imine (C=N–C) groups is 1. The summed E-state index contributed by atoms with van der Waals surface area (Å²) in [5.74, 6) is -1.96. The molecule has 2 rings (SSSR count). The van der Waals surface area contributed by atoms with Crippen LogP contribution in [0.4, 0.5) is 0 Å². The van der Waals surface area contributed by atoms with Gasteiger partial charge in [-0.2, -0.15) is 4.74 Å². The molecule has 0 aliphatic rings. The summed E-state index contributed by atoms with van der Waals surface area (Å²) in [6.07, 6.45) is 3.80. The molecule has 4 amide bonds. The molecule has 1 aromatic heterocycles. The van der Waals surface area contributed by atoms with E-state index in [2.05, 4.69) is 27.7 Å². The van der Waals surface area contributed by atoms with Gasteiger partial charge in [-0.15, -0.1) is 0 Å². The second-order valence-electron chi connectivity index (χ2n) is 7.52. The van der Waals surface area contributed by atoms with Gasteiger partial charge in [0.25, 0.3) is 11.5 Å². The summed E-state index contributed by atoms with van der Waals surface area (Å²) in [6.45, 7) is 3.04. The number of aromatic nitrogens is 1. The second-order valence-corrected chi connectivity index (χ2v) is 7.52. The predicted octanol–water partition coefficient (Wildman–Crippen LogP) is 0.189. The lowest BCUT2D eigenvalue weighted by molar-refractivity contribution is -0.129. The number of nitrogens with zero attached hydrogens (tertiary/aromatic N) is 2. The van der Waals surface area contributed by atoms with Crippen LogP contribution in [0.5, 0.6) is 0 Å². The van der Waals surface area contributed by atoms with Gasteiger partial charge >= 0.3 is 0 Å². The highest BCUT2D eigenvalue weighted by Gasteiger charge is 2.20. The summed E-state index contributed by atoms with van der Waals surface area (Å²) in [5.41, 5.74) is 0.638. The molecule has 2 aromatic rings. The van der Waals surface area contributed by atoms with Crippen LogP contribution in [0, 0.1) is 0 Å². The molecule has 1 heterocycles. The third-order valence-corrected chi connectivity index (χ3v) is 4.87. The molecular weight excluding hydrogens is 442 g/mol. The fraction of sp³-hybridized carbons (Fsp3) is 0.391. The molecule has 11 heteroatoms. The van der Waals surface area contributed by atoms with Gasteiger partial charge in [0.2, 0.25) is 17.7 Å². The van der Waals surface area contributed by atoms with Gasteiger partial charge in [-0.05, 0) is 25.1 Å². The van der Waals surface area contributed by atoms with Crippen LogP contribution in [-0.4, -0.2) is 54.2 Å². The summed E-state index contributed by atoms with van der Waals surface area (Å²) in [5, 5.41) is 7.42. The molecule has 0 unspecified atom stereocenters. The quantitative estimate of drug-likeness (QED) is 0.264. The van der Waals surface area contributed by atoms with Crippen LogP contribution in [0.3, 0.4) is 0 Å². The number of carbonyl (C=O) groups excluding carboxylic acids is 4. The van der Waals surface area contributed by atoms with Crippen molar-refractivity contribution in [1.82, 2.24) is 20.7 Å². The minimum Gasteiger partial charge on any atom is -0.384 e. The number of nitrogens with one attached hydrogen (secondary N) is 3. The molecule has 0 spiro atoms. The number of benzene rings is 1. The Hall–Kier alpha value is -4.02. The molecule has 1 aromatic carbocycles. The van der Waals surface area contributed by atoms with E-state index in [1.165, 1.54) is 17.1 Å². The smallest absolute Gasteiger partial charge is 0.282 e. The Bertz CT molecular complexity index is 1030. The predicted molar refractivity (Wildman–Crippen MR) is 124 cm³/mol. The van der Waals surface area contributed by atoms with Gasteiger partial charge in [-0.3, -0.25) is 24.0 Å². The Balaban J connectivity index is 1.61. The third-order valence-electron chi connectivity index (χ3n) is 4.87. The molecule has 34 heavy (non-hydrogen) atoms. The zero-order chi connectivity index (χ0) is 24.8. The van der Waals surface area contributed by atoms with Crippen molar-refractivity contribution < 1.29 is 23.7 Å². The zero-order valence-corrected chi connectivity index (χ0v) is 18.8. The number of amides is 4. The fourth-order valence-electron chi connectivity index (χ4n) is 3.09. The molecule has 0 saturated carbocycles. The number of rotatable bonds is 14. The molecule has 182 valence electrons. The van der Waals surface area contributed by atoms with Crippen LogP contribution >= 0.6 is 0 Å². The van der Waals surface area contributed by atoms with Crippen molar-refractivity contribution in [2.24, 2.45) is 4.99 Å². The lowest BCUT2D eigenvalue weighted by Gasteiger charge is -2.16. The van der Waals surface area contributed by atoms with E-state index in [1.54, 1.807) is 0 Å². The van der Waals surface area contributed by atoms with E-state index >= 15 is 0 Å². The van der Waals surface area contributed by atoms with Crippen molar-refractivity contribution in [3.05, 3.63) is 58.6 Å². The summed E-state index contributed by atoms with van der Waals surface area (Å²) >= 11 is 0. The summed E-state index contributed by atoms with van der Waals surface area (Å²) < 4.78 is 6.23. The number of unbranched alkanes of at least 4 members (excludes halogenated alkanes) is 2. The summed E-state index contributed by atoms with van der Waals surface area (Å²) in [4.78, 5) is 62.6. The lowest BCUT2D eigenvalue weighted by atomic mass is 10.1. The molecule has 0 fully saturated rings. The van der Waals surface area contributed by atoms with E-state index < -0.39 is 23.8 Å². The standard InChI is InChI=1S/C23H29N5O6/c1-24-23(33)18(14-17-8-4-2-5-9-17)27-21(31)16-26-20(30)15-25-19(29)10-6-3-7-12-28-22(32)11-13-34-28/h2,4-5,8-9,11,13,18H,1,3,6-7,10,12,14-16H2,(H,25,29)(H,26,30)(H,27,31)/t18-/m0/s1. The number of hydrogen-bond donors (Lipinski definition) is 3. The van der Waals surface area contributed by atoms with E-state index in [9.17, 15) is 24.0 Å². The van der Waals surface area contributed by atoms with E-state index in [1.807, 2.05) is 30.3 Å². The first-order chi connectivity index (χ1) is 16.4. The van der Waals surface area contributed by atoms with E-state index in [0.29, 0.717) is 19.4 Å². The number of hydrogen-bond acceptors (Lipinski definition) is 6. The van der Waals surface area contributed by atoms with Gasteiger partial charge in [-0.25, -0.2) is 4.99 Å². The first-order valence-corrected chi connectivity index (χ1v) is 10.9. The monoisotopic (exact) mass is 471 g/mol. The highest BCUT2D eigenvalue weighted by Crippen LogP contribution is 2.05. The second kappa shape index (κ2) is 14.2. The van der Waals surface area contributed by atoms with E-state index in [0.717, 1.165) is 12.0 Å². The van der Waals surface area contributed by atoms with Gasteiger partial charge in [0, 0.05) is 18.9 Å². The largest absolute Gasteiger partial charge is 0.384 e. The topological polar surface area (TPSA) is 152 Å². The molecule has 11 nitrogen and oxygen atoms in total. The van der Waals surface area contributed by atoms with Crippen molar-refractivity contribution >= 4 is 30.3 Å². The molecule has 0 bridgehead atoms. The number of carbonyl (C=O) groups is 4. The molecule has 0 aliphatic heterocycles. The highest BCUT2D eigenvalue weighted by molar-refractivity contribution is 5.92. The number of aryl methyl sites for hydroxylation is 1. The van der Waals surface area contributed by atoms with Crippen LogP contribution in [0.1, 0.15) is 31.2 Å². The van der Waals surface area contributed by atoms with Crippen LogP contribution in [0.25, 0.3) is 0 Å². The van der Waals surface area contributed by atoms with Gasteiger partial charge < -0.3 is 20.5 Å². The van der Waals surface area contributed by atoms with Crippen LogP contribution < -0.4 is 21.5 Å². The normalized spacial score (nSPS) is 11.3. The van der Waals surface area contributed by atoms with Gasteiger partial charge in [0.15, 0.2) is 0 Å². The molecular formula is C23H29N5O6. The van der Waals surface area contributed by atoms with Gasteiger partial charge in [-0.1, -0.05) is 36.8 Å². The fourth-order valence-corrected chi connectivity index (χ4v) is 3.09. The van der Waals surface area contributed by atoms with Gasteiger partial charge in [0.1, 0.15) is 12.3 Å². The zero-order valence-electron chi connectivity index (χ0n) is 18.8. The van der Waals surface area contributed by atoms with Crippen LogP contribution in [0.2, 0.25) is 0 Å². The van der Waals surface area contributed by atoms with E-state index in [4.69, 9.17) is 4.52 Å². The first-order valence-electron chi connectivity index (χ1n) is 10.9. The average molecular weight is 472 g/mol. The SMILES string of the molecule is C=NC(=O)[C@H](Cc1ccccc1)NC(=O)CNC(=O)CNC(=O)CCCCCn1occc1=O. The third kappa shape index (κ3) is 9.63. The molecule has 3 N–H and O–H groups in total. The molecule has 0 saturated heterocycles. The Morgan fingerprint density at radius 1 is 0.941 bits per heavy atom. The minimum absolute atomic E-state index is 0.201. The van der Waals surface area contributed by atoms with Crippen molar-refractivity contribution in [3.63, 3.8) is 0 Å². The Morgan fingerprint density at radius 3 is 2.32 bits per heavy atom. The maximum atomic E-state index is 12.2. The van der Waals surface area contributed by atoms with Crippen molar-refractivity contribution in [2.45, 2.75) is 44.7 Å². The Kier molecular flexibility index (Phi) is 11.0. The van der Waals surface area contributed by atoms with E-state index in [-0.39, 0.29) is 37.4 Å². The lowest BCUT2D eigenvalue weighted by Crippen LogP contribution is -2.47. The maximum Gasteiger partial charge on any atom is 0.282 e. The van der Waals surface area contributed by atoms with Crippen molar-refractivity contribution in [2.75, 3.05) is 13.1 Å². The van der Waals surface area contributed by atoms with Gasteiger partial charge in [0.05, 0.1) is 19.6 Å². The Morgan fingerprint density at radius 2 is 1.65 bits per heavy atom. The molecule has 0 radical (unpaired) electrons. The average Bonchev–Trinajstić information content (AvgIpc) is 3.25. The van der Waals surface area contributed by atoms with Crippen molar-refractivity contribution in [3.8, 4) is 0 Å². The van der Waals surface area contributed by atoms with Crippen molar-refractivity contribution in [1.29, 1.82) is 0 Å².